The summed E-state index contributed by atoms with van der Waals surface area (Å²) in [7, 11) is 0. The Morgan fingerprint density at radius 3 is 2.06 bits per heavy atom. The predicted molar refractivity (Wildman–Crippen MR) is 107 cm³/mol. The quantitative estimate of drug-likeness (QED) is 0.192. The van der Waals surface area contributed by atoms with Crippen LogP contribution in [0.15, 0.2) is 59.5 Å². The lowest BCUT2D eigenvalue weighted by atomic mass is 10.0. The molecule has 8 heteroatoms. The highest BCUT2D eigenvalue weighted by Crippen LogP contribution is 2.30. The second-order valence-corrected chi connectivity index (χ2v) is 7.11. The molecule has 3 aromatic carbocycles. The molecule has 0 aromatic heterocycles. The molecule has 0 atom stereocenters. The number of thiocyanates is 1. The molecular weight excluding hydrogens is 433 g/mol. The van der Waals surface area contributed by atoms with Crippen LogP contribution in [0.4, 0.5) is 22.0 Å². The number of nitriles is 1. The van der Waals surface area contributed by atoms with Crippen LogP contribution in [-0.2, 0) is 0 Å². The number of ether oxygens (including phenoxy) is 1. The fraction of sp³-hybridized carbons (Fsp3) is 0.0870. The zero-order valence-corrected chi connectivity index (χ0v) is 16.7. The van der Waals surface area contributed by atoms with Gasteiger partial charge in [-0.3, -0.25) is 0 Å². The molecule has 0 saturated heterocycles. The van der Waals surface area contributed by atoms with Crippen molar-refractivity contribution in [1.82, 2.24) is 0 Å². The number of benzene rings is 3. The van der Waals surface area contributed by atoms with E-state index < -0.39 is 18.0 Å². The first-order chi connectivity index (χ1) is 14.7. The molecule has 3 aromatic rings. The van der Waals surface area contributed by atoms with Crippen molar-refractivity contribution in [1.29, 1.82) is 5.26 Å². The highest BCUT2D eigenvalue weighted by Gasteiger charge is 2.31. The number of rotatable bonds is 3. The molecule has 0 heterocycles. The first kappa shape index (κ1) is 22.2. The maximum atomic E-state index is 14.0. The summed E-state index contributed by atoms with van der Waals surface area (Å²) in [6.45, 7) is 1.62. The molecule has 0 spiro atoms. The minimum Gasteiger partial charge on any atom is -0.406 e. The molecular formula is C23H12F5NOS. The first-order valence-electron chi connectivity index (χ1n) is 8.70. The molecule has 0 saturated carbocycles. The number of thioether (sulfide) groups is 1. The highest BCUT2D eigenvalue weighted by atomic mass is 32.2. The van der Waals surface area contributed by atoms with Crippen LogP contribution in [0.2, 0.25) is 0 Å². The molecule has 0 radical (unpaired) electrons. The van der Waals surface area contributed by atoms with Gasteiger partial charge in [-0.05, 0) is 77.8 Å². The monoisotopic (exact) mass is 445 g/mol. The van der Waals surface area contributed by atoms with Gasteiger partial charge in [-0.25, -0.2) is 8.78 Å². The van der Waals surface area contributed by atoms with Crippen molar-refractivity contribution < 1.29 is 26.7 Å². The molecule has 0 bridgehead atoms. The number of hydrogen-bond donors (Lipinski definition) is 0. The average molecular weight is 445 g/mol. The smallest absolute Gasteiger partial charge is 0.406 e. The molecule has 0 unspecified atom stereocenters. The largest absolute Gasteiger partial charge is 0.573 e. The van der Waals surface area contributed by atoms with E-state index in [0.717, 1.165) is 12.1 Å². The van der Waals surface area contributed by atoms with Gasteiger partial charge in [0.1, 0.15) is 22.8 Å². The molecule has 0 N–H and O–H groups in total. The van der Waals surface area contributed by atoms with Crippen LogP contribution < -0.4 is 4.74 Å². The summed E-state index contributed by atoms with van der Waals surface area (Å²) < 4.78 is 68.8. The molecule has 0 aliphatic carbocycles. The van der Waals surface area contributed by atoms with Crippen LogP contribution in [0.25, 0.3) is 11.1 Å². The lowest BCUT2D eigenvalue weighted by Gasteiger charge is -2.09. The van der Waals surface area contributed by atoms with Crippen LogP contribution in [0, 0.1) is 41.1 Å². The lowest BCUT2D eigenvalue weighted by molar-refractivity contribution is -0.274. The second kappa shape index (κ2) is 9.11. The minimum atomic E-state index is -4.76. The van der Waals surface area contributed by atoms with Gasteiger partial charge in [-0.2, -0.15) is 5.26 Å². The number of hydrogen-bond acceptors (Lipinski definition) is 3. The van der Waals surface area contributed by atoms with E-state index in [1.54, 1.807) is 36.6 Å². The fourth-order valence-corrected chi connectivity index (χ4v) is 3.13. The van der Waals surface area contributed by atoms with Gasteiger partial charge in [0.05, 0.1) is 4.90 Å². The molecule has 0 amide bonds. The van der Waals surface area contributed by atoms with Crippen molar-refractivity contribution in [2.24, 2.45) is 0 Å². The van der Waals surface area contributed by atoms with Gasteiger partial charge in [0.25, 0.3) is 0 Å². The Bertz CT molecular complexity index is 1190. The molecule has 3 rings (SSSR count). The molecule has 156 valence electrons. The Balaban J connectivity index is 1.80. The van der Waals surface area contributed by atoms with E-state index in [1.807, 2.05) is 0 Å². The Morgan fingerprint density at radius 2 is 1.52 bits per heavy atom. The Morgan fingerprint density at radius 1 is 0.871 bits per heavy atom. The van der Waals surface area contributed by atoms with E-state index in [9.17, 15) is 22.0 Å². The predicted octanol–water partition coefficient (Wildman–Crippen LogP) is 6.81. The third kappa shape index (κ3) is 5.78. The van der Waals surface area contributed by atoms with Crippen LogP contribution in [0.5, 0.6) is 5.75 Å². The topological polar surface area (TPSA) is 33.0 Å². The minimum absolute atomic E-state index is 0.313. The summed E-state index contributed by atoms with van der Waals surface area (Å²) >= 11 is 0.418. The van der Waals surface area contributed by atoms with Crippen molar-refractivity contribution in [3.05, 3.63) is 82.9 Å². The van der Waals surface area contributed by atoms with Gasteiger partial charge in [0.15, 0.2) is 0 Å². The third-order valence-electron chi connectivity index (χ3n) is 4.14. The molecule has 0 aliphatic rings. The van der Waals surface area contributed by atoms with Crippen molar-refractivity contribution in [3.63, 3.8) is 0 Å². The van der Waals surface area contributed by atoms with Crippen LogP contribution >= 0.6 is 11.8 Å². The van der Waals surface area contributed by atoms with Crippen LogP contribution in [0.3, 0.4) is 0 Å². The summed E-state index contributed by atoms with van der Waals surface area (Å²) in [5.41, 5.74) is 2.53. The third-order valence-corrected chi connectivity index (χ3v) is 4.82. The Kier molecular flexibility index (Phi) is 6.53. The summed E-state index contributed by atoms with van der Waals surface area (Å²) in [6, 6.07) is 12.8. The summed E-state index contributed by atoms with van der Waals surface area (Å²) in [5.74, 6) is 3.81. The van der Waals surface area contributed by atoms with Gasteiger partial charge >= 0.3 is 6.36 Å². The highest BCUT2D eigenvalue weighted by molar-refractivity contribution is 8.03. The van der Waals surface area contributed by atoms with E-state index >= 15 is 0 Å². The number of halogens is 5. The van der Waals surface area contributed by atoms with Gasteiger partial charge < -0.3 is 4.74 Å². The van der Waals surface area contributed by atoms with E-state index in [-0.39, 0.29) is 10.6 Å². The standard InChI is InChI=1S/C23H12F5NOS/c1-14-10-19(30-23(26,27)28)9-8-16(14)5-2-15-3-6-17(7-4-15)18-11-20(24)22(31-13-29)21(25)12-18/h3-4,6-12H,1H3. The van der Waals surface area contributed by atoms with Crippen molar-refractivity contribution in [2.45, 2.75) is 18.2 Å². The second-order valence-electron chi connectivity index (χ2n) is 6.31. The van der Waals surface area contributed by atoms with Crippen molar-refractivity contribution >= 4 is 11.8 Å². The van der Waals surface area contributed by atoms with Crippen LogP contribution in [0.1, 0.15) is 16.7 Å². The van der Waals surface area contributed by atoms with Gasteiger partial charge in [-0.15, -0.1) is 13.2 Å². The maximum absolute atomic E-state index is 14.0. The maximum Gasteiger partial charge on any atom is 0.573 e. The van der Waals surface area contributed by atoms with Crippen LogP contribution in [-0.4, -0.2) is 6.36 Å². The lowest BCUT2D eigenvalue weighted by Crippen LogP contribution is -2.17. The fourth-order valence-electron chi connectivity index (χ4n) is 2.73. The zero-order chi connectivity index (χ0) is 22.6. The number of nitrogens with zero attached hydrogens (tertiary/aromatic N) is 1. The molecule has 0 fully saturated rings. The average Bonchev–Trinajstić information content (AvgIpc) is 2.69. The van der Waals surface area contributed by atoms with E-state index in [1.165, 1.54) is 18.2 Å². The molecule has 2 nitrogen and oxygen atoms in total. The Hall–Kier alpha value is -3.49. The van der Waals surface area contributed by atoms with Gasteiger partial charge in [0, 0.05) is 11.1 Å². The summed E-state index contributed by atoms with van der Waals surface area (Å²) in [5, 5.41) is 10.3. The van der Waals surface area contributed by atoms with Gasteiger partial charge in [0.2, 0.25) is 0 Å². The van der Waals surface area contributed by atoms with E-state index in [4.69, 9.17) is 5.26 Å². The van der Waals surface area contributed by atoms with Gasteiger partial charge in [-0.1, -0.05) is 24.0 Å². The SMILES string of the molecule is Cc1cc(OC(F)(F)F)ccc1C#Cc1ccc(-c2cc(F)c(SC#N)c(F)c2)cc1. The number of aryl methyl sites for hydroxylation is 1. The normalized spacial score (nSPS) is 10.7. The number of alkyl halides is 3. The van der Waals surface area contributed by atoms with Crippen molar-refractivity contribution in [2.75, 3.05) is 0 Å². The van der Waals surface area contributed by atoms with Crippen molar-refractivity contribution in [3.8, 4) is 34.1 Å². The molecule has 0 aliphatic heterocycles. The summed E-state index contributed by atoms with van der Waals surface area (Å²) in [4.78, 5) is -0.351. The van der Waals surface area contributed by atoms with E-state index in [0.29, 0.717) is 39.6 Å². The van der Waals surface area contributed by atoms with E-state index in [2.05, 4.69) is 16.6 Å². The molecule has 31 heavy (non-hydrogen) atoms. The summed E-state index contributed by atoms with van der Waals surface area (Å²) in [6.07, 6.45) is -4.76. The Labute approximate surface area is 179 Å². The first-order valence-corrected chi connectivity index (χ1v) is 9.52. The zero-order valence-electron chi connectivity index (χ0n) is 15.8.